The largest absolute Gasteiger partial charge is 0.494 e. The van der Waals surface area contributed by atoms with E-state index in [0.29, 0.717) is 22.7 Å². The molecule has 4 N–H and O–H groups in total. The number of primary amides is 1. The Balaban J connectivity index is 1.69. The second kappa shape index (κ2) is 9.90. The molecule has 1 fully saturated rings. The number of ether oxygens (including phenoxy) is 1. The molecule has 0 atom stereocenters. The van der Waals surface area contributed by atoms with E-state index in [0.717, 1.165) is 12.8 Å². The first-order valence-electron chi connectivity index (χ1n) is 11.2. The third kappa shape index (κ3) is 5.13. The zero-order valence-electron chi connectivity index (χ0n) is 20.0. The summed E-state index contributed by atoms with van der Waals surface area (Å²) >= 11 is 0. The molecule has 0 radical (unpaired) electrons. The number of amides is 2. The second-order valence-electron chi connectivity index (χ2n) is 8.59. The highest BCUT2D eigenvalue weighted by Gasteiger charge is 2.30. The van der Waals surface area contributed by atoms with Crippen molar-refractivity contribution in [3.8, 4) is 17.1 Å². The van der Waals surface area contributed by atoms with E-state index in [1.807, 2.05) is 0 Å². The van der Waals surface area contributed by atoms with Crippen LogP contribution < -0.4 is 21.1 Å². The van der Waals surface area contributed by atoms with Crippen LogP contribution in [0.4, 0.5) is 17.2 Å². The molecule has 11 nitrogen and oxygen atoms in total. The Kier molecular flexibility index (Phi) is 6.88. The van der Waals surface area contributed by atoms with Gasteiger partial charge in [-0.15, -0.1) is 0 Å². The summed E-state index contributed by atoms with van der Waals surface area (Å²) in [4.78, 5) is 36.8. The molecule has 1 aliphatic carbocycles. The molecule has 2 aromatic heterocycles. The average Bonchev–Trinajstić information content (AvgIpc) is 3.69. The van der Waals surface area contributed by atoms with Crippen molar-refractivity contribution >= 4 is 38.8 Å². The topological polar surface area (TPSA) is 166 Å². The molecule has 0 spiro atoms. The minimum absolute atomic E-state index is 0.0160. The fourth-order valence-electron chi connectivity index (χ4n) is 3.45. The summed E-state index contributed by atoms with van der Waals surface area (Å²) in [6.45, 7) is 3.17. The van der Waals surface area contributed by atoms with Gasteiger partial charge in [-0.3, -0.25) is 9.59 Å². The Morgan fingerprint density at radius 2 is 1.78 bits per heavy atom. The number of pyridine rings is 1. The molecule has 4 rings (SSSR count). The van der Waals surface area contributed by atoms with Gasteiger partial charge in [-0.2, -0.15) is 0 Å². The Morgan fingerprint density at radius 3 is 2.36 bits per heavy atom. The van der Waals surface area contributed by atoms with Gasteiger partial charge in [0.15, 0.2) is 21.4 Å². The molecule has 2 amide bonds. The number of carbonyl (C=O) groups excluding carboxylic acids is 2. The van der Waals surface area contributed by atoms with Crippen LogP contribution in [0, 0.1) is 5.92 Å². The van der Waals surface area contributed by atoms with E-state index < -0.39 is 21.0 Å². The summed E-state index contributed by atoms with van der Waals surface area (Å²) < 4.78 is 30.4. The standard InChI is InChI=1S/C24H26N6O5S/c1-13(2)36(33,34)15-10-27-23(28-11-15)16-5-4-6-18(21(16)35-3)29-19-9-20(26-12-17(19)22(25)31)30-24(32)14-7-8-14/h4-6,9-14H,7-8H2,1-3H3,(H2,25,31)(H2,26,29,30,32). The van der Waals surface area contributed by atoms with Crippen LogP contribution in [0.15, 0.2) is 47.8 Å². The Bertz CT molecular complexity index is 1420. The first kappa shape index (κ1) is 25.0. The van der Waals surface area contributed by atoms with Crippen LogP contribution in [-0.4, -0.2) is 47.5 Å². The number of hydrogen-bond acceptors (Lipinski definition) is 9. The van der Waals surface area contributed by atoms with Crippen molar-refractivity contribution in [3.05, 3.63) is 48.4 Å². The summed E-state index contributed by atoms with van der Waals surface area (Å²) in [6.07, 6.45) is 5.50. The maximum absolute atomic E-state index is 12.4. The maximum Gasteiger partial charge on any atom is 0.252 e. The van der Waals surface area contributed by atoms with Crippen LogP contribution in [0.5, 0.6) is 5.75 Å². The molecule has 1 saturated carbocycles. The number of hydrogen-bond donors (Lipinski definition) is 3. The van der Waals surface area contributed by atoms with Gasteiger partial charge in [-0.05, 0) is 38.8 Å². The van der Waals surface area contributed by atoms with E-state index in [1.54, 1.807) is 32.0 Å². The van der Waals surface area contributed by atoms with Crippen LogP contribution in [-0.2, 0) is 14.6 Å². The third-order valence-electron chi connectivity index (χ3n) is 5.68. The van der Waals surface area contributed by atoms with Crippen molar-refractivity contribution in [2.45, 2.75) is 36.8 Å². The molecular weight excluding hydrogens is 484 g/mol. The lowest BCUT2D eigenvalue weighted by Crippen LogP contribution is -2.17. The predicted molar refractivity (Wildman–Crippen MR) is 134 cm³/mol. The van der Waals surface area contributed by atoms with Crippen molar-refractivity contribution in [3.63, 3.8) is 0 Å². The molecule has 36 heavy (non-hydrogen) atoms. The Hall–Kier alpha value is -4.06. The van der Waals surface area contributed by atoms with Crippen molar-refractivity contribution in [2.75, 3.05) is 17.7 Å². The molecule has 188 valence electrons. The van der Waals surface area contributed by atoms with Gasteiger partial charge in [-0.1, -0.05) is 6.07 Å². The lowest BCUT2D eigenvalue weighted by molar-refractivity contribution is -0.117. The van der Waals surface area contributed by atoms with E-state index in [1.165, 1.54) is 31.8 Å². The molecule has 0 aliphatic heterocycles. The van der Waals surface area contributed by atoms with Crippen LogP contribution in [0.3, 0.4) is 0 Å². The number of aromatic nitrogens is 3. The molecule has 1 aromatic carbocycles. The SMILES string of the molecule is COc1c(Nc2cc(NC(=O)C3CC3)ncc2C(N)=O)cccc1-c1ncc(S(=O)(=O)C(C)C)cn1. The van der Waals surface area contributed by atoms with E-state index >= 15 is 0 Å². The first-order chi connectivity index (χ1) is 17.1. The normalized spacial score (nSPS) is 13.3. The minimum atomic E-state index is -3.52. The molecule has 12 heteroatoms. The lowest BCUT2D eigenvalue weighted by Gasteiger charge is -2.17. The number of sulfone groups is 1. The molecule has 1 aliphatic rings. The van der Waals surface area contributed by atoms with Crippen LogP contribution >= 0.6 is 0 Å². The van der Waals surface area contributed by atoms with Gasteiger partial charge in [-0.25, -0.2) is 23.4 Å². The molecular formula is C24H26N6O5S. The third-order valence-corrected chi connectivity index (χ3v) is 7.78. The fourth-order valence-corrected chi connectivity index (χ4v) is 4.39. The quantitative estimate of drug-likeness (QED) is 0.392. The van der Waals surface area contributed by atoms with E-state index in [2.05, 4.69) is 25.6 Å². The van der Waals surface area contributed by atoms with E-state index in [-0.39, 0.29) is 33.9 Å². The number of carbonyl (C=O) groups is 2. The lowest BCUT2D eigenvalue weighted by atomic mass is 10.1. The Morgan fingerprint density at radius 1 is 1.08 bits per heavy atom. The highest BCUT2D eigenvalue weighted by Crippen LogP contribution is 2.37. The second-order valence-corrected chi connectivity index (χ2v) is 11.1. The predicted octanol–water partition coefficient (Wildman–Crippen LogP) is 2.92. The Labute approximate surface area is 208 Å². The van der Waals surface area contributed by atoms with Crippen molar-refractivity contribution < 1.29 is 22.7 Å². The first-order valence-corrected chi connectivity index (χ1v) is 12.8. The van der Waals surface area contributed by atoms with E-state index in [4.69, 9.17) is 10.5 Å². The van der Waals surface area contributed by atoms with Crippen molar-refractivity contribution in [2.24, 2.45) is 11.7 Å². The number of para-hydroxylation sites is 1. The highest BCUT2D eigenvalue weighted by molar-refractivity contribution is 7.92. The summed E-state index contributed by atoms with van der Waals surface area (Å²) in [5.41, 5.74) is 6.93. The zero-order valence-corrected chi connectivity index (χ0v) is 20.8. The van der Waals surface area contributed by atoms with Crippen molar-refractivity contribution in [1.82, 2.24) is 15.0 Å². The summed E-state index contributed by atoms with van der Waals surface area (Å²) in [6, 6.07) is 6.68. The number of benzene rings is 1. The van der Waals surface area contributed by atoms with Crippen LogP contribution in [0.25, 0.3) is 11.4 Å². The fraction of sp³-hybridized carbons (Fsp3) is 0.292. The smallest absolute Gasteiger partial charge is 0.252 e. The van der Waals surface area contributed by atoms with Crippen LogP contribution in [0.1, 0.15) is 37.0 Å². The highest BCUT2D eigenvalue weighted by atomic mass is 32.2. The molecule has 3 aromatic rings. The van der Waals surface area contributed by atoms with Gasteiger partial charge in [0.2, 0.25) is 5.91 Å². The van der Waals surface area contributed by atoms with Gasteiger partial charge in [0.25, 0.3) is 5.91 Å². The summed E-state index contributed by atoms with van der Waals surface area (Å²) in [5.74, 6) is 0.0381. The van der Waals surface area contributed by atoms with Gasteiger partial charge >= 0.3 is 0 Å². The van der Waals surface area contributed by atoms with Crippen LogP contribution in [0.2, 0.25) is 0 Å². The molecule has 0 saturated heterocycles. The number of methoxy groups -OCH3 is 1. The van der Waals surface area contributed by atoms with Crippen molar-refractivity contribution in [1.29, 1.82) is 0 Å². The summed E-state index contributed by atoms with van der Waals surface area (Å²) in [5, 5.41) is 5.26. The molecule has 0 bridgehead atoms. The number of nitrogens with two attached hydrogens (primary N) is 1. The molecule has 2 heterocycles. The van der Waals surface area contributed by atoms with Gasteiger partial charge < -0.3 is 21.1 Å². The number of nitrogens with zero attached hydrogens (tertiary/aromatic N) is 3. The average molecular weight is 511 g/mol. The zero-order chi connectivity index (χ0) is 26.0. The number of anilines is 3. The van der Waals surface area contributed by atoms with E-state index in [9.17, 15) is 18.0 Å². The maximum atomic E-state index is 12.4. The van der Waals surface area contributed by atoms with Gasteiger partial charge in [0.05, 0.1) is 34.9 Å². The van der Waals surface area contributed by atoms with Gasteiger partial charge in [0, 0.05) is 30.6 Å². The number of rotatable bonds is 9. The number of nitrogens with one attached hydrogen (secondary N) is 2. The summed E-state index contributed by atoms with van der Waals surface area (Å²) in [7, 11) is -2.05. The molecule has 0 unspecified atom stereocenters. The monoisotopic (exact) mass is 510 g/mol. The van der Waals surface area contributed by atoms with Gasteiger partial charge in [0.1, 0.15) is 10.7 Å². The minimum Gasteiger partial charge on any atom is -0.494 e.